The number of benzene rings is 2. The molecule has 0 aliphatic heterocycles. The van der Waals surface area contributed by atoms with Gasteiger partial charge < -0.3 is 9.30 Å². The van der Waals surface area contributed by atoms with E-state index >= 15 is 0 Å². The standard InChI is InChI=1S/C22H24N2O/c1-5-6-11-24-20-8-7-16(25-4)12-18(20)21-14(2)19-13-23-10-9-17(19)15(3)22(21)24/h7-10,12-13H,5-6,11H2,1-4H3. The Hall–Kier alpha value is -2.55. The van der Waals surface area contributed by atoms with Crippen LogP contribution in [0.2, 0.25) is 0 Å². The van der Waals surface area contributed by atoms with Crippen LogP contribution in [0, 0.1) is 13.8 Å². The normalized spacial score (nSPS) is 11.7. The van der Waals surface area contributed by atoms with E-state index in [1.54, 1.807) is 7.11 Å². The van der Waals surface area contributed by atoms with Crippen molar-refractivity contribution in [2.75, 3.05) is 7.11 Å². The van der Waals surface area contributed by atoms with E-state index in [0.717, 1.165) is 12.3 Å². The fourth-order valence-electron chi connectivity index (χ4n) is 4.06. The van der Waals surface area contributed by atoms with Gasteiger partial charge in [0.15, 0.2) is 0 Å². The van der Waals surface area contributed by atoms with Gasteiger partial charge in [-0.3, -0.25) is 4.98 Å². The van der Waals surface area contributed by atoms with Crippen molar-refractivity contribution in [1.82, 2.24) is 9.55 Å². The zero-order chi connectivity index (χ0) is 17.6. The van der Waals surface area contributed by atoms with Gasteiger partial charge in [0.1, 0.15) is 5.75 Å². The predicted octanol–water partition coefficient (Wildman–Crippen LogP) is 5.77. The van der Waals surface area contributed by atoms with Gasteiger partial charge in [0.05, 0.1) is 12.6 Å². The molecule has 0 saturated carbocycles. The second kappa shape index (κ2) is 6.07. The van der Waals surface area contributed by atoms with E-state index in [2.05, 4.69) is 54.6 Å². The van der Waals surface area contributed by atoms with Gasteiger partial charge in [0, 0.05) is 40.6 Å². The Kier molecular flexibility index (Phi) is 3.87. The highest BCUT2D eigenvalue weighted by Crippen LogP contribution is 2.39. The molecule has 2 aromatic heterocycles. The maximum atomic E-state index is 5.50. The van der Waals surface area contributed by atoms with Crippen molar-refractivity contribution >= 4 is 32.6 Å². The Labute approximate surface area is 148 Å². The Morgan fingerprint density at radius 1 is 1.04 bits per heavy atom. The molecule has 0 amide bonds. The van der Waals surface area contributed by atoms with Gasteiger partial charge in [-0.25, -0.2) is 0 Å². The van der Waals surface area contributed by atoms with Crippen LogP contribution in [-0.4, -0.2) is 16.7 Å². The smallest absolute Gasteiger partial charge is 0.119 e. The molecule has 0 unspecified atom stereocenters. The first-order valence-electron chi connectivity index (χ1n) is 9.00. The van der Waals surface area contributed by atoms with Crippen molar-refractivity contribution in [3.63, 3.8) is 0 Å². The first-order chi connectivity index (χ1) is 12.2. The molecule has 128 valence electrons. The molecular weight excluding hydrogens is 308 g/mol. The second-order valence-electron chi connectivity index (χ2n) is 6.78. The molecule has 0 saturated heterocycles. The fraction of sp³-hybridized carbons (Fsp3) is 0.318. The Bertz CT molecular complexity index is 1090. The molecule has 0 aliphatic carbocycles. The number of aryl methyl sites for hydroxylation is 3. The third kappa shape index (κ3) is 2.30. The monoisotopic (exact) mass is 332 g/mol. The second-order valence-corrected chi connectivity index (χ2v) is 6.78. The summed E-state index contributed by atoms with van der Waals surface area (Å²) in [5.41, 5.74) is 5.29. The van der Waals surface area contributed by atoms with Crippen LogP contribution in [0.3, 0.4) is 0 Å². The predicted molar refractivity (Wildman–Crippen MR) is 106 cm³/mol. The van der Waals surface area contributed by atoms with Crippen LogP contribution in [0.4, 0.5) is 0 Å². The highest BCUT2D eigenvalue weighted by molar-refractivity contribution is 6.17. The first kappa shape index (κ1) is 15.9. The zero-order valence-electron chi connectivity index (χ0n) is 15.4. The molecule has 3 nitrogen and oxygen atoms in total. The van der Waals surface area contributed by atoms with E-state index < -0.39 is 0 Å². The molecule has 4 aromatic rings. The van der Waals surface area contributed by atoms with Crippen molar-refractivity contribution < 1.29 is 4.74 Å². The van der Waals surface area contributed by atoms with Gasteiger partial charge in [-0.05, 0) is 61.0 Å². The summed E-state index contributed by atoms with van der Waals surface area (Å²) in [5, 5.41) is 5.15. The molecule has 3 heteroatoms. The van der Waals surface area contributed by atoms with Crippen LogP contribution in [0.25, 0.3) is 32.6 Å². The zero-order valence-corrected chi connectivity index (χ0v) is 15.4. The van der Waals surface area contributed by atoms with Gasteiger partial charge in [0.2, 0.25) is 0 Å². The summed E-state index contributed by atoms with van der Waals surface area (Å²) in [5.74, 6) is 0.908. The number of fused-ring (bicyclic) bond motifs is 4. The number of aromatic nitrogens is 2. The molecule has 2 heterocycles. The Balaban J connectivity index is 2.23. The van der Waals surface area contributed by atoms with Crippen LogP contribution in [0.15, 0.2) is 36.7 Å². The van der Waals surface area contributed by atoms with E-state index in [4.69, 9.17) is 4.74 Å². The largest absolute Gasteiger partial charge is 0.497 e. The molecule has 4 rings (SSSR count). The summed E-state index contributed by atoms with van der Waals surface area (Å²) in [6, 6.07) is 8.58. The topological polar surface area (TPSA) is 27.1 Å². The van der Waals surface area contributed by atoms with E-state index in [1.165, 1.54) is 56.5 Å². The average Bonchev–Trinajstić information content (AvgIpc) is 2.98. The summed E-state index contributed by atoms with van der Waals surface area (Å²) in [6.07, 6.45) is 6.25. The lowest BCUT2D eigenvalue weighted by atomic mass is 9.97. The minimum atomic E-state index is 0.908. The van der Waals surface area contributed by atoms with Gasteiger partial charge in [-0.2, -0.15) is 0 Å². The van der Waals surface area contributed by atoms with E-state index in [9.17, 15) is 0 Å². The molecular formula is C22H24N2O. The van der Waals surface area contributed by atoms with Crippen LogP contribution in [0.5, 0.6) is 5.75 Å². The summed E-state index contributed by atoms with van der Waals surface area (Å²) in [6.45, 7) is 7.74. The highest BCUT2D eigenvalue weighted by Gasteiger charge is 2.18. The fourth-order valence-corrected chi connectivity index (χ4v) is 4.06. The molecule has 0 bridgehead atoms. The summed E-state index contributed by atoms with van der Waals surface area (Å²) in [4.78, 5) is 4.36. The van der Waals surface area contributed by atoms with E-state index in [0.29, 0.717) is 0 Å². The molecule has 0 fully saturated rings. The Morgan fingerprint density at radius 2 is 1.88 bits per heavy atom. The van der Waals surface area contributed by atoms with Gasteiger partial charge in [-0.15, -0.1) is 0 Å². The van der Waals surface area contributed by atoms with E-state index in [-0.39, 0.29) is 0 Å². The van der Waals surface area contributed by atoms with Crippen LogP contribution in [0.1, 0.15) is 30.9 Å². The van der Waals surface area contributed by atoms with Crippen LogP contribution < -0.4 is 4.74 Å². The number of pyridine rings is 1. The third-order valence-corrected chi connectivity index (χ3v) is 5.37. The van der Waals surface area contributed by atoms with Crippen molar-refractivity contribution in [2.24, 2.45) is 0 Å². The number of methoxy groups -OCH3 is 1. The summed E-state index contributed by atoms with van der Waals surface area (Å²) in [7, 11) is 1.73. The van der Waals surface area contributed by atoms with Gasteiger partial charge in [-0.1, -0.05) is 13.3 Å². The molecule has 2 aromatic carbocycles. The molecule has 0 atom stereocenters. The molecule has 0 radical (unpaired) electrons. The van der Waals surface area contributed by atoms with Crippen molar-refractivity contribution in [3.05, 3.63) is 47.8 Å². The summed E-state index contributed by atoms with van der Waals surface area (Å²) >= 11 is 0. The molecule has 25 heavy (non-hydrogen) atoms. The minimum Gasteiger partial charge on any atom is -0.497 e. The molecule has 0 spiro atoms. The number of nitrogens with zero attached hydrogens (tertiary/aromatic N) is 2. The van der Waals surface area contributed by atoms with Crippen molar-refractivity contribution in [3.8, 4) is 5.75 Å². The van der Waals surface area contributed by atoms with Crippen LogP contribution in [-0.2, 0) is 6.54 Å². The Morgan fingerprint density at radius 3 is 2.64 bits per heavy atom. The lowest BCUT2D eigenvalue weighted by Gasteiger charge is -2.12. The lowest BCUT2D eigenvalue weighted by molar-refractivity contribution is 0.415. The minimum absolute atomic E-state index is 0.908. The van der Waals surface area contributed by atoms with Crippen molar-refractivity contribution in [2.45, 2.75) is 40.2 Å². The van der Waals surface area contributed by atoms with Gasteiger partial charge in [0.25, 0.3) is 0 Å². The SMILES string of the molecule is CCCCn1c2ccc(OC)cc2c2c(C)c3cnccc3c(C)c21. The maximum absolute atomic E-state index is 5.50. The van der Waals surface area contributed by atoms with Crippen molar-refractivity contribution in [1.29, 1.82) is 0 Å². The number of ether oxygens (including phenoxy) is 1. The molecule has 0 aliphatic rings. The average molecular weight is 332 g/mol. The lowest BCUT2D eigenvalue weighted by Crippen LogP contribution is -1.99. The van der Waals surface area contributed by atoms with Crippen LogP contribution >= 0.6 is 0 Å². The maximum Gasteiger partial charge on any atom is 0.119 e. The quantitative estimate of drug-likeness (QED) is 0.474. The third-order valence-electron chi connectivity index (χ3n) is 5.37. The van der Waals surface area contributed by atoms with Gasteiger partial charge >= 0.3 is 0 Å². The number of hydrogen-bond acceptors (Lipinski definition) is 2. The van der Waals surface area contributed by atoms with E-state index in [1.807, 2.05) is 12.4 Å². The molecule has 0 N–H and O–H groups in total. The number of unbranched alkanes of at least 4 members (excludes halogenated alkanes) is 1. The number of hydrogen-bond donors (Lipinski definition) is 0. The number of rotatable bonds is 4. The highest BCUT2D eigenvalue weighted by atomic mass is 16.5. The summed E-state index contributed by atoms with van der Waals surface area (Å²) < 4.78 is 7.99. The first-order valence-corrected chi connectivity index (χ1v) is 9.00.